The van der Waals surface area contributed by atoms with Crippen molar-refractivity contribution in [1.82, 2.24) is 0 Å². The van der Waals surface area contributed by atoms with Crippen LogP contribution in [0.3, 0.4) is 0 Å². The lowest BCUT2D eigenvalue weighted by Gasteiger charge is -2.16. The van der Waals surface area contributed by atoms with Crippen LogP contribution in [0.4, 0.5) is 4.39 Å². The molecule has 3 heteroatoms. The SMILES string of the molecule is Oc1cccc(C(=C2CCCCCC2)c2ccc(Br)c(F)c2)c1. The van der Waals surface area contributed by atoms with Crippen LogP contribution in [-0.2, 0) is 0 Å². The highest BCUT2D eigenvalue weighted by molar-refractivity contribution is 9.10. The molecule has 23 heavy (non-hydrogen) atoms. The molecule has 0 heterocycles. The zero-order valence-electron chi connectivity index (χ0n) is 13.0. The van der Waals surface area contributed by atoms with E-state index in [-0.39, 0.29) is 11.6 Å². The van der Waals surface area contributed by atoms with Gasteiger partial charge in [-0.05, 0) is 82.6 Å². The minimum atomic E-state index is -0.255. The lowest BCUT2D eigenvalue weighted by molar-refractivity contribution is 0.475. The summed E-state index contributed by atoms with van der Waals surface area (Å²) < 4.78 is 14.5. The van der Waals surface area contributed by atoms with E-state index >= 15 is 0 Å². The van der Waals surface area contributed by atoms with Gasteiger partial charge in [-0.3, -0.25) is 0 Å². The summed E-state index contributed by atoms with van der Waals surface area (Å²) in [4.78, 5) is 0. The van der Waals surface area contributed by atoms with Gasteiger partial charge < -0.3 is 5.11 Å². The second-order valence-corrected chi connectivity index (χ2v) is 6.93. The molecule has 0 bridgehead atoms. The maximum absolute atomic E-state index is 14.1. The Morgan fingerprint density at radius 3 is 2.26 bits per heavy atom. The highest BCUT2D eigenvalue weighted by atomic mass is 79.9. The highest BCUT2D eigenvalue weighted by Crippen LogP contribution is 2.36. The summed E-state index contributed by atoms with van der Waals surface area (Å²) in [5.74, 6) is -0.0128. The van der Waals surface area contributed by atoms with Crippen molar-refractivity contribution in [2.75, 3.05) is 0 Å². The molecular weight excluding hydrogens is 355 g/mol. The summed E-state index contributed by atoms with van der Waals surface area (Å²) in [6.45, 7) is 0. The molecule has 0 spiro atoms. The number of halogens is 2. The molecule has 0 saturated heterocycles. The first-order valence-corrected chi connectivity index (χ1v) is 8.91. The smallest absolute Gasteiger partial charge is 0.137 e. The molecular formula is C20H20BrFO. The Balaban J connectivity index is 2.16. The van der Waals surface area contributed by atoms with E-state index in [1.54, 1.807) is 24.3 Å². The number of allylic oxidation sites excluding steroid dienone is 1. The van der Waals surface area contributed by atoms with Crippen LogP contribution >= 0.6 is 15.9 Å². The molecule has 1 aliphatic carbocycles. The Morgan fingerprint density at radius 1 is 0.913 bits per heavy atom. The van der Waals surface area contributed by atoms with Gasteiger partial charge in [0.1, 0.15) is 11.6 Å². The Hall–Kier alpha value is -1.61. The molecule has 0 atom stereocenters. The summed E-state index contributed by atoms with van der Waals surface area (Å²) in [6.07, 6.45) is 6.95. The van der Waals surface area contributed by atoms with Crippen molar-refractivity contribution in [3.8, 4) is 5.75 Å². The molecule has 2 aromatic rings. The minimum Gasteiger partial charge on any atom is -0.508 e. The summed E-state index contributed by atoms with van der Waals surface area (Å²) in [6, 6.07) is 12.6. The van der Waals surface area contributed by atoms with Crippen molar-refractivity contribution in [2.45, 2.75) is 38.5 Å². The number of benzene rings is 2. The molecule has 0 aromatic heterocycles. The van der Waals surface area contributed by atoms with E-state index in [0.717, 1.165) is 29.5 Å². The lowest BCUT2D eigenvalue weighted by atomic mass is 9.89. The zero-order valence-corrected chi connectivity index (χ0v) is 14.6. The lowest BCUT2D eigenvalue weighted by Crippen LogP contribution is -1.96. The van der Waals surface area contributed by atoms with Crippen molar-refractivity contribution in [3.63, 3.8) is 0 Å². The maximum Gasteiger partial charge on any atom is 0.137 e. The third kappa shape index (κ3) is 3.84. The average molecular weight is 375 g/mol. The van der Waals surface area contributed by atoms with E-state index in [1.807, 2.05) is 18.2 Å². The fourth-order valence-corrected chi connectivity index (χ4v) is 3.54. The van der Waals surface area contributed by atoms with Crippen LogP contribution < -0.4 is 0 Å². The summed E-state index contributed by atoms with van der Waals surface area (Å²) >= 11 is 3.22. The number of hydrogen-bond donors (Lipinski definition) is 1. The van der Waals surface area contributed by atoms with Gasteiger partial charge in [0, 0.05) is 0 Å². The Kier molecular flexibility index (Phi) is 5.16. The molecule has 120 valence electrons. The number of aromatic hydroxyl groups is 1. The average Bonchev–Trinajstić information content (AvgIpc) is 2.80. The van der Waals surface area contributed by atoms with E-state index < -0.39 is 0 Å². The maximum atomic E-state index is 14.1. The molecule has 0 aliphatic heterocycles. The van der Waals surface area contributed by atoms with Crippen LogP contribution in [0.1, 0.15) is 49.7 Å². The van der Waals surface area contributed by atoms with Gasteiger partial charge in [0.25, 0.3) is 0 Å². The zero-order chi connectivity index (χ0) is 16.2. The van der Waals surface area contributed by atoms with E-state index in [9.17, 15) is 9.50 Å². The Bertz CT molecular complexity index is 726. The van der Waals surface area contributed by atoms with E-state index in [1.165, 1.54) is 31.3 Å². The number of rotatable bonds is 2. The molecule has 1 nitrogen and oxygen atoms in total. The Labute approximate surface area is 145 Å². The first kappa shape index (κ1) is 16.3. The first-order chi connectivity index (χ1) is 11.1. The standard InChI is InChI=1S/C20H20BrFO/c21-18-11-10-16(13-19(18)22)20(14-6-3-1-2-4-7-14)15-8-5-9-17(23)12-15/h5,8-13,23H,1-4,6-7H2. The summed E-state index contributed by atoms with van der Waals surface area (Å²) in [7, 11) is 0. The van der Waals surface area contributed by atoms with Gasteiger partial charge in [-0.1, -0.05) is 36.6 Å². The summed E-state index contributed by atoms with van der Waals surface area (Å²) in [5.41, 5.74) is 4.29. The molecule has 0 unspecified atom stereocenters. The fourth-order valence-electron chi connectivity index (χ4n) is 3.29. The third-order valence-corrected chi connectivity index (χ3v) is 5.05. The van der Waals surface area contributed by atoms with Gasteiger partial charge in [-0.25, -0.2) is 4.39 Å². The molecule has 0 radical (unpaired) electrons. The monoisotopic (exact) mass is 374 g/mol. The van der Waals surface area contributed by atoms with Gasteiger partial charge >= 0.3 is 0 Å². The fraction of sp³-hybridized carbons (Fsp3) is 0.300. The van der Waals surface area contributed by atoms with Crippen molar-refractivity contribution in [3.05, 3.63) is 69.5 Å². The van der Waals surface area contributed by atoms with Crippen LogP contribution in [0.25, 0.3) is 5.57 Å². The molecule has 1 saturated carbocycles. The molecule has 3 rings (SSSR count). The van der Waals surface area contributed by atoms with Crippen LogP contribution in [0.5, 0.6) is 5.75 Å². The summed E-state index contributed by atoms with van der Waals surface area (Å²) in [5, 5.41) is 9.86. The Morgan fingerprint density at radius 2 is 1.61 bits per heavy atom. The van der Waals surface area contributed by atoms with Crippen molar-refractivity contribution >= 4 is 21.5 Å². The predicted molar refractivity (Wildman–Crippen MR) is 95.9 cm³/mol. The van der Waals surface area contributed by atoms with Crippen LogP contribution in [0.2, 0.25) is 0 Å². The van der Waals surface area contributed by atoms with Gasteiger partial charge in [0.05, 0.1) is 4.47 Å². The van der Waals surface area contributed by atoms with Crippen molar-refractivity contribution in [1.29, 1.82) is 0 Å². The van der Waals surface area contributed by atoms with Crippen LogP contribution in [-0.4, -0.2) is 5.11 Å². The molecule has 2 aromatic carbocycles. The van der Waals surface area contributed by atoms with Gasteiger partial charge in [0.2, 0.25) is 0 Å². The van der Waals surface area contributed by atoms with Gasteiger partial charge in [0.15, 0.2) is 0 Å². The second kappa shape index (κ2) is 7.31. The van der Waals surface area contributed by atoms with Gasteiger partial charge in [-0.15, -0.1) is 0 Å². The molecule has 1 N–H and O–H groups in total. The topological polar surface area (TPSA) is 20.2 Å². The largest absolute Gasteiger partial charge is 0.508 e. The number of hydrogen-bond acceptors (Lipinski definition) is 1. The van der Waals surface area contributed by atoms with E-state index in [2.05, 4.69) is 15.9 Å². The minimum absolute atomic E-state index is 0.242. The van der Waals surface area contributed by atoms with Crippen molar-refractivity contribution < 1.29 is 9.50 Å². The van der Waals surface area contributed by atoms with Crippen molar-refractivity contribution in [2.24, 2.45) is 0 Å². The quantitative estimate of drug-likeness (QED) is 0.598. The van der Waals surface area contributed by atoms with E-state index in [0.29, 0.717) is 4.47 Å². The molecule has 0 amide bonds. The highest BCUT2D eigenvalue weighted by Gasteiger charge is 2.16. The second-order valence-electron chi connectivity index (χ2n) is 6.07. The number of phenols is 1. The third-order valence-electron chi connectivity index (χ3n) is 4.40. The van der Waals surface area contributed by atoms with Crippen LogP contribution in [0, 0.1) is 5.82 Å². The van der Waals surface area contributed by atoms with Gasteiger partial charge in [-0.2, -0.15) is 0 Å². The predicted octanol–water partition coefficient (Wildman–Crippen LogP) is 6.45. The molecule has 1 aliphatic rings. The molecule has 1 fully saturated rings. The number of phenolic OH excluding ortho intramolecular Hbond substituents is 1. The first-order valence-electron chi connectivity index (χ1n) is 8.12. The van der Waals surface area contributed by atoms with E-state index in [4.69, 9.17) is 0 Å². The van der Waals surface area contributed by atoms with Crippen LogP contribution in [0.15, 0.2) is 52.5 Å². The normalized spacial score (nSPS) is 15.3.